The summed E-state index contributed by atoms with van der Waals surface area (Å²) in [5, 5.41) is 4.43. The van der Waals surface area contributed by atoms with Crippen LogP contribution in [-0.4, -0.2) is 41.2 Å². The fourth-order valence-electron chi connectivity index (χ4n) is 4.50. The molecule has 1 N–H and O–H groups in total. The fraction of sp³-hybridized carbons (Fsp3) is 0.348. The zero-order valence-corrected chi connectivity index (χ0v) is 17.9. The molecule has 8 heteroatoms. The van der Waals surface area contributed by atoms with Gasteiger partial charge in [0, 0.05) is 47.2 Å². The lowest BCUT2D eigenvalue weighted by atomic mass is 10.1. The molecule has 0 amide bonds. The molecule has 2 fully saturated rings. The number of anilines is 2. The average Bonchev–Trinajstić information content (AvgIpc) is 3.43. The van der Waals surface area contributed by atoms with Gasteiger partial charge in [-0.1, -0.05) is 18.2 Å². The first kappa shape index (κ1) is 20.5. The Morgan fingerprint density at radius 3 is 2.52 bits per heavy atom. The first-order valence-corrected chi connectivity index (χ1v) is 11.1. The van der Waals surface area contributed by atoms with Crippen molar-refractivity contribution in [3.05, 3.63) is 60.3 Å². The van der Waals surface area contributed by atoms with Crippen LogP contribution in [0.4, 0.5) is 24.5 Å². The number of halogens is 3. The van der Waals surface area contributed by atoms with Gasteiger partial charge in [-0.05, 0) is 54.9 Å². The van der Waals surface area contributed by atoms with Gasteiger partial charge in [0.25, 0.3) is 0 Å². The third kappa shape index (κ3) is 4.06. The monoisotopic (exact) mass is 444 g/mol. The summed E-state index contributed by atoms with van der Waals surface area (Å²) >= 11 is -0.0702. The van der Waals surface area contributed by atoms with Gasteiger partial charge in [0.05, 0.1) is 24.1 Å². The molecule has 2 heterocycles. The molecular weight excluding hydrogens is 421 g/mol. The van der Waals surface area contributed by atoms with Crippen molar-refractivity contribution in [1.82, 2.24) is 9.88 Å². The zero-order valence-electron chi connectivity index (χ0n) is 17.1. The number of fused-ring (bicyclic) bond motifs is 1. The SMILES string of the molecule is CNc1cnc2ccccc2c1CN1CN(c2ccc(SC(F)(F)F)cc2)CC12CC2. The summed E-state index contributed by atoms with van der Waals surface area (Å²) < 4.78 is 37.9. The smallest absolute Gasteiger partial charge is 0.387 e. The molecule has 162 valence electrons. The second-order valence-corrected chi connectivity index (χ2v) is 9.36. The maximum absolute atomic E-state index is 12.6. The van der Waals surface area contributed by atoms with Gasteiger partial charge in [0.1, 0.15) is 0 Å². The van der Waals surface area contributed by atoms with Crippen molar-refractivity contribution >= 4 is 34.0 Å². The van der Waals surface area contributed by atoms with E-state index in [0.29, 0.717) is 0 Å². The minimum Gasteiger partial charge on any atom is -0.387 e. The Hall–Kier alpha value is -2.45. The van der Waals surface area contributed by atoms with Crippen molar-refractivity contribution in [2.24, 2.45) is 0 Å². The van der Waals surface area contributed by atoms with Crippen LogP contribution >= 0.6 is 11.8 Å². The first-order chi connectivity index (χ1) is 14.9. The quantitative estimate of drug-likeness (QED) is 0.510. The molecule has 1 saturated heterocycles. The Kier molecular flexibility index (Phi) is 5.01. The van der Waals surface area contributed by atoms with Crippen LogP contribution in [0.5, 0.6) is 0 Å². The van der Waals surface area contributed by atoms with E-state index in [2.05, 4.69) is 26.2 Å². The minimum absolute atomic E-state index is 0.0702. The van der Waals surface area contributed by atoms with E-state index in [1.54, 1.807) is 24.3 Å². The number of hydrogen-bond donors (Lipinski definition) is 1. The second kappa shape index (κ2) is 7.60. The number of rotatable bonds is 5. The lowest BCUT2D eigenvalue weighted by molar-refractivity contribution is -0.0328. The van der Waals surface area contributed by atoms with Gasteiger partial charge >= 0.3 is 5.51 Å². The maximum Gasteiger partial charge on any atom is 0.446 e. The number of aromatic nitrogens is 1. The van der Waals surface area contributed by atoms with Crippen molar-refractivity contribution in [3.63, 3.8) is 0 Å². The van der Waals surface area contributed by atoms with Crippen LogP contribution in [0.15, 0.2) is 59.6 Å². The third-order valence-corrected chi connectivity index (χ3v) is 7.00. The van der Waals surface area contributed by atoms with Gasteiger partial charge in [-0.3, -0.25) is 9.88 Å². The van der Waals surface area contributed by atoms with Gasteiger partial charge in [-0.25, -0.2) is 0 Å². The lowest BCUT2D eigenvalue weighted by Gasteiger charge is -2.25. The average molecular weight is 445 g/mol. The Labute approximate surface area is 183 Å². The van der Waals surface area contributed by atoms with Crippen LogP contribution in [0.2, 0.25) is 0 Å². The maximum atomic E-state index is 12.6. The van der Waals surface area contributed by atoms with Crippen LogP contribution in [-0.2, 0) is 6.54 Å². The molecule has 2 aromatic carbocycles. The number of pyridine rings is 1. The first-order valence-electron chi connectivity index (χ1n) is 10.3. The second-order valence-electron chi connectivity index (χ2n) is 8.22. The highest BCUT2D eigenvalue weighted by Crippen LogP contribution is 2.48. The normalized spacial score (nSPS) is 18.1. The lowest BCUT2D eigenvalue weighted by Crippen LogP contribution is -2.32. The molecule has 1 aromatic heterocycles. The number of benzene rings is 2. The molecule has 1 aliphatic carbocycles. The molecule has 0 bridgehead atoms. The highest BCUT2D eigenvalue weighted by Gasteiger charge is 2.53. The Bertz CT molecular complexity index is 1100. The number of para-hydroxylation sites is 1. The highest BCUT2D eigenvalue weighted by atomic mass is 32.2. The molecule has 0 radical (unpaired) electrons. The summed E-state index contributed by atoms with van der Waals surface area (Å²) in [5.41, 5.74) is 0.0976. The summed E-state index contributed by atoms with van der Waals surface area (Å²) in [6.07, 6.45) is 4.18. The van der Waals surface area contributed by atoms with E-state index in [1.807, 2.05) is 31.4 Å². The van der Waals surface area contributed by atoms with E-state index in [-0.39, 0.29) is 22.2 Å². The Balaban J connectivity index is 1.39. The number of nitrogens with one attached hydrogen (secondary N) is 1. The predicted octanol–water partition coefficient (Wildman–Crippen LogP) is 5.70. The molecular formula is C23H23F3N4S. The van der Waals surface area contributed by atoms with E-state index in [9.17, 15) is 13.2 Å². The van der Waals surface area contributed by atoms with E-state index >= 15 is 0 Å². The van der Waals surface area contributed by atoms with E-state index in [4.69, 9.17) is 0 Å². The van der Waals surface area contributed by atoms with Crippen molar-refractivity contribution in [2.75, 3.05) is 30.5 Å². The minimum atomic E-state index is -4.26. The van der Waals surface area contributed by atoms with Crippen molar-refractivity contribution < 1.29 is 13.2 Å². The zero-order chi connectivity index (χ0) is 21.6. The molecule has 0 unspecified atom stereocenters. The summed E-state index contributed by atoms with van der Waals surface area (Å²) in [6.45, 7) is 2.46. The number of alkyl halides is 3. The fourth-order valence-corrected chi connectivity index (χ4v) is 5.04. The van der Waals surface area contributed by atoms with Gasteiger partial charge in [-0.15, -0.1) is 0 Å². The van der Waals surface area contributed by atoms with Crippen LogP contribution in [0.3, 0.4) is 0 Å². The van der Waals surface area contributed by atoms with Gasteiger partial charge < -0.3 is 10.2 Å². The number of hydrogen-bond acceptors (Lipinski definition) is 5. The predicted molar refractivity (Wildman–Crippen MR) is 119 cm³/mol. The molecule has 1 spiro atoms. The van der Waals surface area contributed by atoms with Gasteiger partial charge in [0.15, 0.2) is 0 Å². The van der Waals surface area contributed by atoms with Crippen molar-refractivity contribution in [3.8, 4) is 0 Å². The topological polar surface area (TPSA) is 31.4 Å². The van der Waals surface area contributed by atoms with E-state index in [1.165, 1.54) is 5.56 Å². The van der Waals surface area contributed by atoms with Crippen LogP contribution in [0.25, 0.3) is 10.9 Å². The van der Waals surface area contributed by atoms with Gasteiger partial charge in [-0.2, -0.15) is 13.2 Å². The Morgan fingerprint density at radius 2 is 1.84 bits per heavy atom. The van der Waals surface area contributed by atoms with Crippen LogP contribution in [0, 0.1) is 0 Å². The van der Waals surface area contributed by atoms with E-state index < -0.39 is 5.51 Å². The summed E-state index contributed by atoms with van der Waals surface area (Å²) in [7, 11) is 1.92. The van der Waals surface area contributed by atoms with Gasteiger partial charge in [0.2, 0.25) is 0 Å². The largest absolute Gasteiger partial charge is 0.446 e. The van der Waals surface area contributed by atoms with E-state index in [0.717, 1.165) is 54.9 Å². The highest BCUT2D eigenvalue weighted by molar-refractivity contribution is 8.00. The summed E-state index contributed by atoms with van der Waals surface area (Å²) in [5.74, 6) is 0. The number of nitrogens with zero attached hydrogens (tertiary/aromatic N) is 3. The molecule has 0 atom stereocenters. The summed E-state index contributed by atoms with van der Waals surface area (Å²) in [4.78, 5) is 9.56. The third-order valence-electron chi connectivity index (χ3n) is 6.27. The van der Waals surface area contributed by atoms with Crippen LogP contribution < -0.4 is 10.2 Å². The molecule has 5 rings (SSSR count). The van der Waals surface area contributed by atoms with Crippen LogP contribution in [0.1, 0.15) is 18.4 Å². The van der Waals surface area contributed by atoms with Crippen molar-refractivity contribution in [1.29, 1.82) is 0 Å². The molecule has 1 aliphatic heterocycles. The molecule has 31 heavy (non-hydrogen) atoms. The molecule has 3 aromatic rings. The molecule has 1 saturated carbocycles. The van der Waals surface area contributed by atoms with Crippen molar-refractivity contribution in [2.45, 2.75) is 35.3 Å². The standard InChI is InChI=1S/C23H23F3N4S/c1-27-21-12-28-20-5-3-2-4-18(20)19(21)13-30-15-29(14-22(30)10-11-22)16-6-8-17(9-7-16)31-23(24,25)26/h2-9,12,27H,10-11,13-15H2,1H3. The molecule has 2 aliphatic rings. The summed E-state index contributed by atoms with van der Waals surface area (Å²) in [6, 6.07) is 14.9. The Morgan fingerprint density at radius 1 is 1.10 bits per heavy atom. The number of thioether (sulfide) groups is 1. The molecule has 4 nitrogen and oxygen atoms in total.